The molecule has 0 saturated heterocycles. The Bertz CT molecular complexity index is 63.9. The second kappa shape index (κ2) is 7.96. The molecule has 0 saturated carbocycles. The van der Waals surface area contributed by atoms with Gasteiger partial charge in [-0.1, -0.05) is 12.8 Å². The fraction of sp³-hybridized carbons (Fsp3) is 0.857. The van der Waals surface area contributed by atoms with Gasteiger partial charge < -0.3 is 4.79 Å². The summed E-state index contributed by atoms with van der Waals surface area (Å²) in [7, 11) is 0. The van der Waals surface area contributed by atoms with Gasteiger partial charge in [0.2, 0.25) is 0 Å². The Morgan fingerprint density at radius 1 is 1.11 bits per heavy atom. The monoisotopic (exact) mass is 148 g/mol. The van der Waals surface area contributed by atoms with Crippen LogP contribution < -0.4 is 0 Å². The van der Waals surface area contributed by atoms with E-state index in [4.69, 9.17) is 11.6 Å². The van der Waals surface area contributed by atoms with Crippen LogP contribution >= 0.6 is 11.6 Å². The highest BCUT2D eigenvalue weighted by Crippen LogP contribution is 2.01. The number of hydrogen-bond acceptors (Lipinski definition) is 1. The van der Waals surface area contributed by atoms with Crippen molar-refractivity contribution in [2.24, 2.45) is 0 Å². The van der Waals surface area contributed by atoms with E-state index in [1.54, 1.807) is 0 Å². The van der Waals surface area contributed by atoms with E-state index in [1.807, 2.05) is 0 Å². The van der Waals surface area contributed by atoms with Crippen molar-refractivity contribution < 1.29 is 4.79 Å². The first-order valence-corrected chi connectivity index (χ1v) is 3.95. The summed E-state index contributed by atoms with van der Waals surface area (Å²) < 4.78 is 0. The second-order valence-corrected chi connectivity index (χ2v) is 2.44. The first-order chi connectivity index (χ1) is 4.41. The van der Waals surface area contributed by atoms with Crippen LogP contribution in [0.1, 0.15) is 32.1 Å². The topological polar surface area (TPSA) is 17.1 Å². The SMILES string of the molecule is O=CCCCCCCCl. The van der Waals surface area contributed by atoms with Crippen LogP contribution in [0.4, 0.5) is 0 Å². The molecular weight excluding hydrogens is 136 g/mol. The van der Waals surface area contributed by atoms with Crippen molar-refractivity contribution in [3.05, 3.63) is 0 Å². The normalized spacial score (nSPS) is 9.44. The Morgan fingerprint density at radius 3 is 2.33 bits per heavy atom. The molecule has 0 bridgehead atoms. The third-order valence-corrected chi connectivity index (χ3v) is 1.47. The van der Waals surface area contributed by atoms with Gasteiger partial charge in [-0.2, -0.15) is 0 Å². The van der Waals surface area contributed by atoms with Crippen LogP contribution in [0.5, 0.6) is 0 Å². The molecule has 0 atom stereocenters. The predicted octanol–water partition coefficient (Wildman–Crippen LogP) is 2.37. The van der Waals surface area contributed by atoms with Gasteiger partial charge in [0.1, 0.15) is 6.29 Å². The molecule has 0 aromatic carbocycles. The Morgan fingerprint density at radius 2 is 1.78 bits per heavy atom. The summed E-state index contributed by atoms with van der Waals surface area (Å²) in [6.07, 6.45) is 6.10. The van der Waals surface area contributed by atoms with Crippen molar-refractivity contribution in [1.82, 2.24) is 0 Å². The molecule has 0 spiro atoms. The first kappa shape index (κ1) is 8.96. The highest BCUT2D eigenvalue weighted by Gasteiger charge is 1.86. The molecule has 0 aliphatic carbocycles. The summed E-state index contributed by atoms with van der Waals surface area (Å²) >= 11 is 5.44. The summed E-state index contributed by atoms with van der Waals surface area (Å²) in [5, 5.41) is 0. The van der Waals surface area contributed by atoms with Crippen molar-refractivity contribution in [3.8, 4) is 0 Å². The first-order valence-electron chi connectivity index (χ1n) is 3.41. The van der Waals surface area contributed by atoms with Crippen molar-refractivity contribution in [3.63, 3.8) is 0 Å². The van der Waals surface area contributed by atoms with Gasteiger partial charge in [0.05, 0.1) is 0 Å². The second-order valence-electron chi connectivity index (χ2n) is 2.06. The molecule has 54 valence electrons. The fourth-order valence-corrected chi connectivity index (χ4v) is 0.865. The van der Waals surface area contributed by atoms with Crippen LogP contribution in [0, 0.1) is 0 Å². The quantitative estimate of drug-likeness (QED) is 0.321. The smallest absolute Gasteiger partial charge is 0.119 e. The lowest BCUT2D eigenvalue weighted by Crippen LogP contribution is -1.79. The van der Waals surface area contributed by atoms with Gasteiger partial charge >= 0.3 is 0 Å². The molecule has 0 N–H and O–H groups in total. The number of halogens is 1. The average Bonchev–Trinajstić information content (AvgIpc) is 1.89. The van der Waals surface area contributed by atoms with Gasteiger partial charge in [-0.25, -0.2) is 0 Å². The number of rotatable bonds is 6. The fourth-order valence-electron chi connectivity index (χ4n) is 0.676. The molecule has 1 nitrogen and oxygen atoms in total. The van der Waals surface area contributed by atoms with Crippen molar-refractivity contribution in [2.75, 3.05) is 5.88 Å². The van der Waals surface area contributed by atoms with Gasteiger partial charge in [0.15, 0.2) is 0 Å². The zero-order chi connectivity index (χ0) is 6.95. The van der Waals surface area contributed by atoms with Crippen molar-refractivity contribution in [1.29, 1.82) is 0 Å². The van der Waals surface area contributed by atoms with Crippen molar-refractivity contribution in [2.45, 2.75) is 32.1 Å². The highest BCUT2D eigenvalue weighted by atomic mass is 35.5. The molecule has 0 rings (SSSR count). The lowest BCUT2D eigenvalue weighted by Gasteiger charge is -1.92. The van der Waals surface area contributed by atoms with E-state index < -0.39 is 0 Å². The van der Waals surface area contributed by atoms with Gasteiger partial charge in [-0.05, 0) is 12.8 Å². The molecule has 0 aromatic rings. The van der Waals surface area contributed by atoms with Crippen molar-refractivity contribution >= 4 is 17.9 Å². The van der Waals surface area contributed by atoms with E-state index in [9.17, 15) is 4.79 Å². The highest BCUT2D eigenvalue weighted by molar-refractivity contribution is 6.17. The Labute approximate surface area is 61.4 Å². The van der Waals surface area contributed by atoms with E-state index in [2.05, 4.69) is 0 Å². The van der Waals surface area contributed by atoms with E-state index in [1.165, 1.54) is 0 Å². The summed E-state index contributed by atoms with van der Waals surface area (Å²) in [6.45, 7) is 0. The molecular formula is C7H13ClO. The molecule has 0 aliphatic rings. The predicted molar refractivity (Wildman–Crippen MR) is 39.9 cm³/mol. The Kier molecular flexibility index (Phi) is 7.92. The average molecular weight is 149 g/mol. The van der Waals surface area contributed by atoms with Crippen LogP contribution in [0.25, 0.3) is 0 Å². The molecule has 0 heterocycles. The molecule has 9 heavy (non-hydrogen) atoms. The number of hydrogen-bond donors (Lipinski definition) is 0. The Hall–Kier alpha value is -0.0400. The minimum atomic E-state index is 0.711. The molecule has 0 amide bonds. The molecule has 0 unspecified atom stereocenters. The number of alkyl halides is 1. The zero-order valence-electron chi connectivity index (χ0n) is 5.61. The summed E-state index contributed by atoms with van der Waals surface area (Å²) in [5.74, 6) is 0.751. The molecule has 2 heteroatoms. The third kappa shape index (κ3) is 7.96. The molecule has 0 aliphatic heterocycles. The van der Waals surface area contributed by atoms with Crippen LogP contribution in [0.15, 0.2) is 0 Å². The summed E-state index contributed by atoms with van der Waals surface area (Å²) in [6, 6.07) is 0. The van der Waals surface area contributed by atoms with Crippen LogP contribution in [-0.4, -0.2) is 12.2 Å². The minimum absolute atomic E-state index is 0.711. The van der Waals surface area contributed by atoms with Crippen LogP contribution in [-0.2, 0) is 4.79 Å². The maximum absolute atomic E-state index is 9.81. The number of carbonyl (C=O) groups excluding carboxylic acids is 1. The molecule has 0 radical (unpaired) electrons. The number of carbonyl (C=O) groups is 1. The lowest BCUT2D eigenvalue weighted by atomic mass is 10.2. The number of aldehydes is 1. The molecule has 0 aromatic heterocycles. The van der Waals surface area contributed by atoms with Crippen LogP contribution in [0.2, 0.25) is 0 Å². The standard InChI is InChI=1S/C7H13ClO/c8-6-4-2-1-3-5-7-9/h7H,1-6H2. The maximum atomic E-state index is 9.81. The third-order valence-electron chi connectivity index (χ3n) is 1.21. The van der Waals surface area contributed by atoms with E-state index >= 15 is 0 Å². The Balaban J connectivity index is 2.66. The number of unbranched alkanes of at least 4 members (excludes halogenated alkanes) is 4. The van der Waals surface area contributed by atoms with Gasteiger partial charge in [-0.15, -0.1) is 11.6 Å². The van der Waals surface area contributed by atoms with E-state index in [0.29, 0.717) is 6.42 Å². The maximum Gasteiger partial charge on any atom is 0.119 e. The lowest BCUT2D eigenvalue weighted by molar-refractivity contribution is -0.107. The minimum Gasteiger partial charge on any atom is -0.303 e. The summed E-state index contributed by atoms with van der Waals surface area (Å²) in [4.78, 5) is 9.81. The van der Waals surface area contributed by atoms with Crippen LogP contribution in [0.3, 0.4) is 0 Å². The summed E-state index contributed by atoms with van der Waals surface area (Å²) in [5.41, 5.74) is 0. The van der Waals surface area contributed by atoms with Gasteiger partial charge in [0.25, 0.3) is 0 Å². The van der Waals surface area contributed by atoms with E-state index in [0.717, 1.165) is 37.8 Å². The van der Waals surface area contributed by atoms with Gasteiger partial charge in [0, 0.05) is 12.3 Å². The van der Waals surface area contributed by atoms with E-state index in [-0.39, 0.29) is 0 Å². The largest absolute Gasteiger partial charge is 0.303 e. The molecule has 0 fully saturated rings. The zero-order valence-corrected chi connectivity index (χ0v) is 6.36. The van der Waals surface area contributed by atoms with Gasteiger partial charge in [-0.3, -0.25) is 0 Å².